The highest BCUT2D eigenvalue weighted by atomic mass is 19.4. The van der Waals surface area contributed by atoms with Crippen LogP contribution in [0.15, 0.2) is 61.1 Å². The Morgan fingerprint density at radius 2 is 1.88 bits per heavy atom. The van der Waals surface area contributed by atoms with Crippen molar-refractivity contribution >= 4 is 16.9 Å². The first-order chi connectivity index (χ1) is 16.1. The van der Waals surface area contributed by atoms with Crippen molar-refractivity contribution in [2.75, 3.05) is 7.11 Å². The Labute approximate surface area is 192 Å². The van der Waals surface area contributed by atoms with E-state index < -0.39 is 24.7 Å². The minimum Gasteiger partial charge on any atom is -0.338 e. The average molecular weight is 473 g/mol. The van der Waals surface area contributed by atoms with Crippen LogP contribution in [0.3, 0.4) is 0 Å². The van der Waals surface area contributed by atoms with E-state index in [1.54, 1.807) is 24.3 Å². The predicted molar refractivity (Wildman–Crippen MR) is 117 cm³/mol. The number of hydrogen-bond acceptors (Lipinski definition) is 5. The number of aromatic nitrogens is 4. The number of carbonyl (C=O) groups excluding carboxylic acids is 1. The Balaban J connectivity index is 1.58. The molecule has 178 valence electrons. The number of alkyl halides is 3. The lowest BCUT2D eigenvalue weighted by molar-refractivity contribution is -0.390. The van der Waals surface area contributed by atoms with Gasteiger partial charge in [0.1, 0.15) is 12.6 Å². The lowest BCUT2D eigenvalue weighted by atomic mass is 10.1. The first-order valence-electron chi connectivity index (χ1n) is 10.2. The molecule has 4 aromatic rings. The molecule has 0 aliphatic heterocycles. The molecule has 0 saturated carbocycles. The smallest absolute Gasteiger partial charge is 0.338 e. The van der Waals surface area contributed by atoms with Crippen LogP contribution in [-0.2, 0) is 23.3 Å². The molecule has 11 heteroatoms. The van der Waals surface area contributed by atoms with Gasteiger partial charge in [0, 0.05) is 31.5 Å². The summed E-state index contributed by atoms with van der Waals surface area (Å²) in [6, 6.07) is 12.8. The second-order valence-corrected chi connectivity index (χ2v) is 7.61. The summed E-state index contributed by atoms with van der Waals surface area (Å²) in [6.07, 6.45) is -1.83. The van der Waals surface area contributed by atoms with Crippen LogP contribution in [0.1, 0.15) is 16.2 Å². The summed E-state index contributed by atoms with van der Waals surface area (Å²) in [5.41, 5.74) is 2.69. The maximum atomic E-state index is 14.0. The molecule has 2 aromatic carbocycles. The molecule has 2 aromatic heterocycles. The highest BCUT2D eigenvalue weighted by Crippen LogP contribution is 2.33. The molecule has 1 atom stereocenters. The molecule has 1 unspecified atom stereocenters. The SMILES string of the molecule is COC(NC(=O)c1ccccc1)(OCn1cnc2cc(-c3cn(C)c(C)n3)ccc21)C(F)(F)F. The normalized spacial score (nSPS) is 13.7. The van der Waals surface area contributed by atoms with Crippen molar-refractivity contribution in [3.63, 3.8) is 0 Å². The Bertz CT molecular complexity index is 1300. The van der Waals surface area contributed by atoms with Gasteiger partial charge in [-0.3, -0.25) is 10.1 Å². The first kappa shape index (κ1) is 23.5. The van der Waals surface area contributed by atoms with Crippen molar-refractivity contribution in [3.8, 4) is 11.3 Å². The number of rotatable bonds is 7. The highest BCUT2D eigenvalue weighted by molar-refractivity contribution is 5.94. The largest absolute Gasteiger partial charge is 0.465 e. The third-order valence-electron chi connectivity index (χ3n) is 5.41. The number of fused-ring (bicyclic) bond motifs is 1. The summed E-state index contributed by atoms with van der Waals surface area (Å²) in [6.45, 7) is 1.30. The molecular weight excluding hydrogens is 451 g/mol. The van der Waals surface area contributed by atoms with Gasteiger partial charge in [-0.1, -0.05) is 24.3 Å². The third kappa shape index (κ3) is 4.39. The number of nitrogens with zero attached hydrogens (tertiary/aromatic N) is 4. The number of carbonyl (C=O) groups is 1. The fraction of sp³-hybridized carbons (Fsp3) is 0.261. The first-order valence-corrected chi connectivity index (χ1v) is 10.2. The molecule has 8 nitrogen and oxygen atoms in total. The maximum Gasteiger partial charge on any atom is 0.465 e. The monoisotopic (exact) mass is 473 g/mol. The van der Waals surface area contributed by atoms with Crippen molar-refractivity contribution in [2.24, 2.45) is 7.05 Å². The standard InChI is InChI=1S/C23H22F3N5O3/c1-15-28-19(12-30(15)2)17-9-10-20-18(11-17)27-13-31(20)14-34-23(33-3,22(24,25)26)29-21(32)16-7-5-4-6-8-16/h4-13H,14H2,1-3H3,(H,29,32). The van der Waals surface area contributed by atoms with Gasteiger partial charge in [-0.05, 0) is 31.2 Å². The van der Waals surface area contributed by atoms with Crippen molar-refractivity contribution in [3.05, 3.63) is 72.4 Å². The van der Waals surface area contributed by atoms with Crippen LogP contribution >= 0.6 is 0 Å². The van der Waals surface area contributed by atoms with Gasteiger partial charge in [-0.2, -0.15) is 13.2 Å². The summed E-state index contributed by atoms with van der Waals surface area (Å²) in [5.74, 6) is -3.51. The number of nitrogens with one attached hydrogen (secondary N) is 1. The van der Waals surface area contributed by atoms with Crippen molar-refractivity contribution in [1.82, 2.24) is 24.4 Å². The van der Waals surface area contributed by atoms with E-state index in [0.717, 1.165) is 24.2 Å². The van der Waals surface area contributed by atoms with Gasteiger partial charge in [0.15, 0.2) is 0 Å². The zero-order chi connectivity index (χ0) is 24.5. The number of hydrogen-bond donors (Lipinski definition) is 1. The van der Waals surface area contributed by atoms with Crippen molar-refractivity contribution in [1.29, 1.82) is 0 Å². The van der Waals surface area contributed by atoms with E-state index in [9.17, 15) is 18.0 Å². The van der Waals surface area contributed by atoms with Crippen LogP contribution in [0.4, 0.5) is 13.2 Å². The summed E-state index contributed by atoms with van der Waals surface area (Å²) in [7, 11) is 2.70. The van der Waals surface area contributed by atoms with Crippen molar-refractivity contribution < 1.29 is 27.4 Å². The van der Waals surface area contributed by atoms with E-state index in [1.165, 1.54) is 35.2 Å². The molecule has 0 fully saturated rings. The summed E-state index contributed by atoms with van der Waals surface area (Å²) in [5, 5.41) is 1.83. The van der Waals surface area contributed by atoms with Crippen LogP contribution in [0.25, 0.3) is 22.3 Å². The van der Waals surface area contributed by atoms with Crippen LogP contribution in [0.5, 0.6) is 0 Å². The third-order valence-corrected chi connectivity index (χ3v) is 5.41. The molecule has 1 N–H and O–H groups in total. The predicted octanol–water partition coefficient (Wildman–Crippen LogP) is 4.01. The summed E-state index contributed by atoms with van der Waals surface area (Å²) in [4.78, 5) is 21.2. The molecule has 0 aliphatic rings. The second-order valence-electron chi connectivity index (χ2n) is 7.61. The van der Waals surface area contributed by atoms with Gasteiger partial charge >= 0.3 is 12.1 Å². The van der Waals surface area contributed by atoms with E-state index in [2.05, 4.69) is 14.7 Å². The molecule has 34 heavy (non-hydrogen) atoms. The van der Waals surface area contributed by atoms with Crippen LogP contribution in [0, 0.1) is 6.92 Å². The summed E-state index contributed by atoms with van der Waals surface area (Å²) >= 11 is 0. The number of methoxy groups -OCH3 is 1. The fourth-order valence-corrected chi connectivity index (χ4v) is 3.41. The van der Waals surface area contributed by atoms with Crippen LogP contribution < -0.4 is 5.32 Å². The van der Waals surface area contributed by atoms with E-state index in [1.807, 2.05) is 30.1 Å². The number of benzene rings is 2. The van der Waals surface area contributed by atoms with Gasteiger partial charge in [-0.25, -0.2) is 9.97 Å². The van der Waals surface area contributed by atoms with Gasteiger partial charge in [0.05, 0.1) is 23.1 Å². The van der Waals surface area contributed by atoms with E-state index >= 15 is 0 Å². The molecule has 0 aliphatic carbocycles. The van der Waals surface area contributed by atoms with E-state index in [0.29, 0.717) is 11.0 Å². The molecule has 0 saturated heterocycles. The van der Waals surface area contributed by atoms with Crippen molar-refractivity contribution in [2.45, 2.75) is 25.7 Å². The van der Waals surface area contributed by atoms with Crippen LogP contribution in [0.2, 0.25) is 0 Å². The minimum absolute atomic E-state index is 0.0298. The maximum absolute atomic E-state index is 14.0. The Morgan fingerprint density at radius 3 is 2.50 bits per heavy atom. The zero-order valence-electron chi connectivity index (χ0n) is 18.6. The number of amides is 1. The molecule has 2 heterocycles. The Morgan fingerprint density at radius 1 is 1.15 bits per heavy atom. The topological polar surface area (TPSA) is 83.2 Å². The van der Waals surface area contributed by atoms with Crippen LogP contribution in [-0.4, -0.2) is 44.2 Å². The van der Waals surface area contributed by atoms with E-state index in [4.69, 9.17) is 4.74 Å². The molecular formula is C23H22F3N5O3. The summed E-state index contributed by atoms with van der Waals surface area (Å²) < 4.78 is 55.0. The molecule has 0 bridgehead atoms. The number of halogens is 3. The fourth-order valence-electron chi connectivity index (χ4n) is 3.41. The highest BCUT2D eigenvalue weighted by Gasteiger charge is 2.59. The average Bonchev–Trinajstić information content (AvgIpc) is 3.38. The Kier molecular flexibility index (Phi) is 6.15. The van der Waals surface area contributed by atoms with Gasteiger partial charge < -0.3 is 18.6 Å². The molecule has 0 spiro atoms. The quantitative estimate of drug-likeness (QED) is 0.410. The molecule has 0 radical (unpaired) electrons. The number of aryl methyl sites for hydroxylation is 2. The minimum atomic E-state index is -5.06. The van der Waals surface area contributed by atoms with E-state index in [-0.39, 0.29) is 5.56 Å². The molecule has 1 amide bonds. The number of ether oxygens (including phenoxy) is 2. The Hall–Kier alpha value is -3.70. The van der Waals surface area contributed by atoms with Gasteiger partial charge in [0.2, 0.25) is 0 Å². The zero-order valence-corrected chi connectivity index (χ0v) is 18.6. The molecule has 4 rings (SSSR count). The second kappa shape index (κ2) is 8.92. The van der Waals surface area contributed by atoms with Gasteiger partial charge in [-0.15, -0.1) is 0 Å². The van der Waals surface area contributed by atoms with Gasteiger partial charge in [0.25, 0.3) is 5.91 Å². The number of imidazole rings is 2. The lowest BCUT2D eigenvalue weighted by Gasteiger charge is -2.34. The lowest BCUT2D eigenvalue weighted by Crippen LogP contribution is -2.62.